The standard InChI is InChI=1S/C19H16N4O2/c1-23-17-8-7-13(10-12(17)6-9-18(23)24)21-19(25)16-11-20-14-4-2-3-5-15(14)22-16/h2-5,7-8,10-11H,6,9H2,1H3,(H,21,25). The summed E-state index contributed by atoms with van der Waals surface area (Å²) in [5.74, 6) is -0.200. The molecule has 124 valence electrons. The normalized spacial score (nSPS) is 13.6. The number of aromatic nitrogens is 2. The predicted octanol–water partition coefficient (Wildman–Crippen LogP) is 2.79. The van der Waals surface area contributed by atoms with E-state index in [2.05, 4.69) is 15.3 Å². The number of nitrogens with zero attached hydrogens (tertiary/aromatic N) is 3. The summed E-state index contributed by atoms with van der Waals surface area (Å²) in [4.78, 5) is 34.5. The minimum Gasteiger partial charge on any atom is -0.321 e. The summed E-state index contributed by atoms with van der Waals surface area (Å²) >= 11 is 0. The van der Waals surface area contributed by atoms with E-state index in [1.54, 1.807) is 18.0 Å². The van der Waals surface area contributed by atoms with Gasteiger partial charge in [-0.3, -0.25) is 14.6 Å². The Hall–Kier alpha value is -3.28. The maximum absolute atomic E-state index is 12.5. The summed E-state index contributed by atoms with van der Waals surface area (Å²) in [7, 11) is 1.77. The quantitative estimate of drug-likeness (QED) is 0.783. The number of hydrogen-bond acceptors (Lipinski definition) is 4. The molecule has 1 aromatic heterocycles. The van der Waals surface area contributed by atoms with Crippen molar-refractivity contribution in [2.45, 2.75) is 12.8 Å². The first-order chi connectivity index (χ1) is 12.1. The minimum absolute atomic E-state index is 0.107. The van der Waals surface area contributed by atoms with E-state index in [1.165, 1.54) is 6.20 Å². The molecule has 0 fully saturated rings. The van der Waals surface area contributed by atoms with Crippen molar-refractivity contribution in [3.63, 3.8) is 0 Å². The number of para-hydroxylation sites is 2. The maximum atomic E-state index is 12.5. The van der Waals surface area contributed by atoms with Crippen LogP contribution in [0.25, 0.3) is 11.0 Å². The fourth-order valence-corrected chi connectivity index (χ4v) is 3.00. The Kier molecular flexibility index (Phi) is 3.65. The van der Waals surface area contributed by atoms with Gasteiger partial charge in [-0.2, -0.15) is 0 Å². The number of carbonyl (C=O) groups is 2. The Morgan fingerprint density at radius 2 is 1.92 bits per heavy atom. The molecule has 4 rings (SSSR count). The van der Waals surface area contributed by atoms with E-state index in [4.69, 9.17) is 0 Å². The van der Waals surface area contributed by atoms with Gasteiger partial charge >= 0.3 is 0 Å². The molecule has 0 atom stereocenters. The molecule has 0 unspecified atom stereocenters. The van der Waals surface area contributed by atoms with Crippen LogP contribution in [-0.2, 0) is 11.2 Å². The fraction of sp³-hybridized carbons (Fsp3) is 0.158. The number of anilines is 2. The Labute approximate surface area is 144 Å². The predicted molar refractivity (Wildman–Crippen MR) is 95.7 cm³/mol. The summed E-state index contributed by atoms with van der Waals surface area (Å²) < 4.78 is 0. The molecule has 25 heavy (non-hydrogen) atoms. The molecule has 0 saturated heterocycles. The van der Waals surface area contributed by atoms with E-state index in [1.807, 2.05) is 36.4 Å². The van der Waals surface area contributed by atoms with Crippen molar-refractivity contribution >= 4 is 34.2 Å². The molecule has 2 amide bonds. The van der Waals surface area contributed by atoms with Gasteiger partial charge in [0.2, 0.25) is 5.91 Å². The van der Waals surface area contributed by atoms with Crippen LogP contribution >= 0.6 is 0 Å². The number of nitrogens with one attached hydrogen (secondary N) is 1. The van der Waals surface area contributed by atoms with E-state index in [0.29, 0.717) is 24.0 Å². The number of amides is 2. The summed E-state index contributed by atoms with van der Waals surface area (Å²) in [6, 6.07) is 13.0. The van der Waals surface area contributed by atoms with Gasteiger partial charge < -0.3 is 10.2 Å². The van der Waals surface area contributed by atoms with Crippen molar-refractivity contribution in [1.29, 1.82) is 0 Å². The van der Waals surface area contributed by atoms with Crippen LogP contribution in [-0.4, -0.2) is 28.8 Å². The number of carbonyl (C=O) groups excluding carboxylic acids is 2. The second kappa shape index (κ2) is 5.98. The van der Waals surface area contributed by atoms with Crippen LogP contribution in [0.1, 0.15) is 22.5 Å². The minimum atomic E-state index is -0.307. The second-order valence-corrected chi connectivity index (χ2v) is 5.99. The van der Waals surface area contributed by atoms with Crippen LogP contribution in [0.2, 0.25) is 0 Å². The Balaban J connectivity index is 1.59. The number of fused-ring (bicyclic) bond motifs is 2. The van der Waals surface area contributed by atoms with E-state index in [0.717, 1.165) is 16.8 Å². The van der Waals surface area contributed by atoms with Crippen LogP contribution in [0.5, 0.6) is 0 Å². The SMILES string of the molecule is CN1C(=O)CCc2cc(NC(=O)c3cnc4ccccc4n3)ccc21. The van der Waals surface area contributed by atoms with E-state index >= 15 is 0 Å². The maximum Gasteiger partial charge on any atom is 0.275 e. The van der Waals surface area contributed by atoms with Gasteiger partial charge in [-0.05, 0) is 42.3 Å². The molecule has 3 aromatic rings. The molecule has 0 saturated carbocycles. The lowest BCUT2D eigenvalue weighted by Gasteiger charge is -2.26. The zero-order valence-corrected chi connectivity index (χ0v) is 13.7. The highest BCUT2D eigenvalue weighted by molar-refractivity contribution is 6.04. The third-order valence-electron chi connectivity index (χ3n) is 4.36. The van der Waals surface area contributed by atoms with Gasteiger partial charge in [-0.1, -0.05) is 12.1 Å². The molecule has 2 aromatic carbocycles. The second-order valence-electron chi connectivity index (χ2n) is 5.99. The monoisotopic (exact) mass is 332 g/mol. The van der Waals surface area contributed by atoms with Gasteiger partial charge in [0.05, 0.1) is 17.2 Å². The molecule has 6 heteroatoms. The molecule has 2 heterocycles. The summed E-state index contributed by atoms with van der Waals surface area (Å²) in [6.45, 7) is 0. The van der Waals surface area contributed by atoms with Crippen LogP contribution < -0.4 is 10.2 Å². The highest BCUT2D eigenvalue weighted by Crippen LogP contribution is 2.29. The Morgan fingerprint density at radius 3 is 2.76 bits per heavy atom. The lowest BCUT2D eigenvalue weighted by atomic mass is 10.0. The first-order valence-corrected chi connectivity index (χ1v) is 8.04. The number of rotatable bonds is 2. The van der Waals surface area contributed by atoms with Crippen LogP contribution in [0.15, 0.2) is 48.7 Å². The van der Waals surface area contributed by atoms with Crippen molar-refractivity contribution in [3.8, 4) is 0 Å². The van der Waals surface area contributed by atoms with Crippen molar-refractivity contribution in [3.05, 3.63) is 59.9 Å². The van der Waals surface area contributed by atoms with Crippen molar-refractivity contribution < 1.29 is 9.59 Å². The van der Waals surface area contributed by atoms with Gasteiger partial charge in [0.15, 0.2) is 0 Å². The molecule has 0 spiro atoms. The average molecular weight is 332 g/mol. The van der Waals surface area contributed by atoms with Gasteiger partial charge in [0.25, 0.3) is 5.91 Å². The van der Waals surface area contributed by atoms with Crippen molar-refractivity contribution in [2.24, 2.45) is 0 Å². The number of benzene rings is 2. The van der Waals surface area contributed by atoms with Crippen molar-refractivity contribution in [1.82, 2.24) is 9.97 Å². The molecular weight excluding hydrogens is 316 g/mol. The lowest BCUT2D eigenvalue weighted by molar-refractivity contribution is -0.118. The summed E-state index contributed by atoms with van der Waals surface area (Å²) in [5.41, 5.74) is 4.32. The molecule has 0 radical (unpaired) electrons. The number of hydrogen-bond donors (Lipinski definition) is 1. The largest absolute Gasteiger partial charge is 0.321 e. The van der Waals surface area contributed by atoms with Gasteiger partial charge in [-0.15, -0.1) is 0 Å². The van der Waals surface area contributed by atoms with E-state index in [-0.39, 0.29) is 17.5 Å². The fourth-order valence-electron chi connectivity index (χ4n) is 3.00. The lowest BCUT2D eigenvalue weighted by Crippen LogP contribution is -2.31. The molecule has 1 N–H and O–H groups in total. The zero-order valence-electron chi connectivity index (χ0n) is 13.7. The van der Waals surface area contributed by atoms with Crippen LogP contribution in [0.3, 0.4) is 0 Å². The third kappa shape index (κ3) is 2.82. The first-order valence-electron chi connectivity index (χ1n) is 8.04. The van der Waals surface area contributed by atoms with E-state index in [9.17, 15) is 9.59 Å². The van der Waals surface area contributed by atoms with Gasteiger partial charge in [-0.25, -0.2) is 4.98 Å². The third-order valence-corrected chi connectivity index (χ3v) is 4.36. The molecule has 0 bridgehead atoms. The Morgan fingerprint density at radius 1 is 1.12 bits per heavy atom. The van der Waals surface area contributed by atoms with Crippen LogP contribution in [0.4, 0.5) is 11.4 Å². The first kappa shape index (κ1) is 15.3. The van der Waals surface area contributed by atoms with Gasteiger partial charge in [0.1, 0.15) is 5.69 Å². The van der Waals surface area contributed by atoms with E-state index < -0.39 is 0 Å². The van der Waals surface area contributed by atoms with Crippen LogP contribution in [0, 0.1) is 0 Å². The molecular formula is C19H16N4O2. The highest BCUT2D eigenvalue weighted by atomic mass is 16.2. The summed E-state index contributed by atoms with van der Waals surface area (Å²) in [5, 5.41) is 2.85. The average Bonchev–Trinajstić information content (AvgIpc) is 2.64. The molecule has 1 aliphatic rings. The van der Waals surface area contributed by atoms with Crippen molar-refractivity contribution in [2.75, 3.05) is 17.3 Å². The topological polar surface area (TPSA) is 75.2 Å². The highest BCUT2D eigenvalue weighted by Gasteiger charge is 2.21. The Bertz CT molecular complexity index is 1000. The molecule has 1 aliphatic heterocycles. The zero-order chi connectivity index (χ0) is 17.4. The summed E-state index contributed by atoms with van der Waals surface area (Å²) in [6.07, 6.45) is 2.64. The molecule has 0 aliphatic carbocycles. The molecule has 6 nitrogen and oxygen atoms in total. The van der Waals surface area contributed by atoms with Gasteiger partial charge in [0, 0.05) is 24.8 Å². The smallest absolute Gasteiger partial charge is 0.275 e. The number of aryl methyl sites for hydroxylation is 1.